The van der Waals surface area contributed by atoms with Crippen LogP contribution >= 0.6 is 0 Å². The highest BCUT2D eigenvalue weighted by molar-refractivity contribution is 7.92. The zero-order valence-corrected chi connectivity index (χ0v) is 34.7. The predicted molar refractivity (Wildman–Crippen MR) is 234 cm³/mol. The fraction of sp³-hybridized carbons (Fsp3) is 0.244. The average molecular weight is 874 g/mol. The van der Waals surface area contributed by atoms with Gasteiger partial charge in [-0.25, -0.2) is 17.8 Å². The first-order valence-electron chi connectivity index (χ1n) is 20.4. The topological polar surface area (TPSA) is 234 Å². The van der Waals surface area contributed by atoms with Crippen molar-refractivity contribution in [2.75, 3.05) is 40.7 Å². The minimum atomic E-state index is -4.20. The quantitative estimate of drug-likeness (QED) is 0.0614. The Morgan fingerprint density at radius 3 is 2.43 bits per heavy atom. The fourth-order valence-corrected chi connectivity index (χ4v) is 9.06. The van der Waals surface area contributed by atoms with Crippen LogP contribution in [0.25, 0.3) is 22.3 Å². The molecule has 5 amide bonds. The molecule has 0 saturated carbocycles. The van der Waals surface area contributed by atoms with E-state index < -0.39 is 21.9 Å². The molecule has 8 rings (SSSR count). The first kappa shape index (κ1) is 42.7. The highest BCUT2D eigenvalue weighted by atomic mass is 32.2. The number of imide groups is 1. The molecule has 0 radical (unpaired) electrons. The number of amides is 5. The molecule has 1 atom stereocenters. The number of nitrogen functional groups attached to an aromatic ring is 1. The van der Waals surface area contributed by atoms with Crippen LogP contribution in [0.4, 0.5) is 27.3 Å². The number of aromatic nitrogens is 1. The van der Waals surface area contributed by atoms with Crippen molar-refractivity contribution in [3.05, 3.63) is 119 Å². The molecule has 1 fully saturated rings. The number of benzene rings is 4. The van der Waals surface area contributed by atoms with Crippen LogP contribution in [-0.4, -0.2) is 73.5 Å². The standard InChI is InChI=1S/C45H44FN9O7S/c46-37-21-32(11-13-33(37)29-20-35(43(47)50-22-29)26-6-12-34-27(19-26)16-18-49-44(34)59)63(61,62)54-31-9-7-30(8-10-31)51-42(58)23-48-17-2-5-40(56)52-38-4-1-3-28-24-55(25-36(28)38)39-14-15-41(57)53-45(39)60/h1,3-4,6-13,19-22,39,48,54H,2,5,14-18,23-25H2,(H2,47,50)(H,49,59)(H,51,58)(H,52,56)(H,53,57,60). The molecule has 8 N–H and O–H groups in total. The molecule has 0 spiro atoms. The van der Waals surface area contributed by atoms with E-state index in [4.69, 9.17) is 5.73 Å². The molecule has 1 unspecified atom stereocenters. The molecule has 4 aromatic carbocycles. The van der Waals surface area contributed by atoms with Gasteiger partial charge in [0, 0.05) is 78.0 Å². The number of sulfonamides is 1. The Kier molecular flexibility index (Phi) is 12.3. The van der Waals surface area contributed by atoms with Gasteiger partial charge in [0.2, 0.25) is 23.6 Å². The average Bonchev–Trinajstić information content (AvgIpc) is 3.69. The third-order valence-corrected chi connectivity index (χ3v) is 12.6. The van der Waals surface area contributed by atoms with Gasteiger partial charge >= 0.3 is 0 Å². The van der Waals surface area contributed by atoms with Crippen LogP contribution in [0.1, 0.15) is 52.7 Å². The lowest BCUT2D eigenvalue weighted by atomic mass is 9.94. The van der Waals surface area contributed by atoms with Gasteiger partial charge in [-0.2, -0.15) is 0 Å². The summed E-state index contributed by atoms with van der Waals surface area (Å²) in [6.07, 6.45) is 3.50. The van der Waals surface area contributed by atoms with Gasteiger partial charge in [-0.15, -0.1) is 0 Å². The molecule has 3 aliphatic heterocycles. The van der Waals surface area contributed by atoms with E-state index in [2.05, 4.69) is 36.3 Å². The molecule has 0 bridgehead atoms. The maximum absolute atomic E-state index is 15.6. The predicted octanol–water partition coefficient (Wildman–Crippen LogP) is 4.29. The highest BCUT2D eigenvalue weighted by Gasteiger charge is 2.35. The second kappa shape index (κ2) is 18.1. The number of halogens is 1. The number of fused-ring (bicyclic) bond motifs is 2. The number of nitrogens with zero attached hydrogens (tertiary/aromatic N) is 2. The minimum absolute atomic E-state index is 0.0260. The van der Waals surface area contributed by atoms with E-state index in [0.717, 1.165) is 22.8 Å². The first-order chi connectivity index (χ1) is 30.3. The summed E-state index contributed by atoms with van der Waals surface area (Å²) in [6.45, 7) is 1.93. The summed E-state index contributed by atoms with van der Waals surface area (Å²) in [7, 11) is -4.20. The van der Waals surface area contributed by atoms with Crippen LogP contribution in [0.5, 0.6) is 0 Å². The lowest BCUT2D eigenvalue weighted by molar-refractivity contribution is -0.137. The van der Waals surface area contributed by atoms with Gasteiger partial charge in [0.05, 0.1) is 17.5 Å². The summed E-state index contributed by atoms with van der Waals surface area (Å²) in [5.41, 5.74) is 12.7. The molecule has 3 aliphatic rings. The van der Waals surface area contributed by atoms with Gasteiger partial charge in [-0.05, 0) is 103 Å². The van der Waals surface area contributed by atoms with Gasteiger partial charge in [0.25, 0.3) is 15.9 Å². The summed E-state index contributed by atoms with van der Waals surface area (Å²) < 4.78 is 44.5. The third kappa shape index (κ3) is 9.72. The molecular formula is C45H44FN9O7S. The number of carbonyl (C=O) groups excluding carboxylic acids is 5. The molecule has 5 aromatic rings. The van der Waals surface area contributed by atoms with Crippen LogP contribution in [0.2, 0.25) is 0 Å². The van der Waals surface area contributed by atoms with Crippen LogP contribution in [-0.2, 0) is 48.7 Å². The summed E-state index contributed by atoms with van der Waals surface area (Å²) >= 11 is 0. The lowest BCUT2D eigenvalue weighted by Gasteiger charge is -2.29. The summed E-state index contributed by atoms with van der Waals surface area (Å²) in [6, 6.07) is 21.8. The van der Waals surface area contributed by atoms with Crippen molar-refractivity contribution in [2.45, 2.75) is 56.1 Å². The van der Waals surface area contributed by atoms with Crippen LogP contribution in [0, 0.1) is 5.82 Å². The number of hydrogen-bond acceptors (Lipinski definition) is 11. The number of rotatable bonds is 14. The maximum Gasteiger partial charge on any atom is 0.261 e. The number of nitrogens with one attached hydrogen (secondary N) is 6. The monoisotopic (exact) mass is 873 g/mol. The smallest absolute Gasteiger partial charge is 0.261 e. The SMILES string of the molecule is Nc1ncc(-c2ccc(S(=O)(=O)Nc3ccc(NC(=O)CNCCCC(=O)Nc4cccc5c4CN(C4CCC(=O)NC4=O)C5)cc3)cc2F)cc1-c1ccc2c(c1)CCNC2=O. The molecule has 1 aromatic heterocycles. The van der Waals surface area contributed by atoms with Crippen LogP contribution in [0.15, 0.2) is 96.0 Å². The van der Waals surface area contributed by atoms with E-state index in [9.17, 15) is 32.4 Å². The molecule has 0 aliphatic carbocycles. The van der Waals surface area contributed by atoms with Crippen molar-refractivity contribution >= 4 is 62.4 Å². The third-order valence-electron chi connectivity index (χ3n) is 11.2. The lowest BCUT2D eigenvalue weighted by Crippen LogP contribution is -2.50. The van der Waals surface area contributed by atoms with Crippen LogP contribution in [0.3, 0.4) is 0 Å². The molecule has 16 nitrogen and oxygen atoms in total. The normalized spacial score (nSPS) is 16.1. The van der Waals surface area contributed by atoms with Crippen molar-refractivity contribution in [1.29, 1.82) is 0 Å². The van der Waals surface area contributed by atoms with E-state index in [1.54, 1.807) is 18.2 Å². The largest absolute Gasteiger partial charge is 0.383 e. The number of nitrogens with two attached hydrogens (primary N) is 1. The summed E-state index contributed by atoms with van der Waals surface area (Å²) in [5.74, 6) is -1.80. The Morgan fingerprint density at radius 2 is 1.63 bits per heavy atom. The van der Waals surface area contributed by atoms with Gasteiger partial charge in [-0.1, -0.05) is 30.3 Å². The van der Waals surface area contributed by atoms with Crippen molar-refractivity contribution < 1.29 is 36.8 Å². The van der Waals surface area contributed by atoms with E-state index >= 15 is 4.39 Å². The second-order valence-corrected chi connectivity index (χ2v) is 17.2. The Balaban J connectivity index is 0.786. The molecule has 4 heterocycles. The Bertz CT molecular complexity index is 2770. The maximum atomic E-state index is 15.6. The zero-order chi connectivity index (χ0) is 44.3. The number of anilines is 4. The molecular weight excluding hydrogens is 830 g/mol. The molecule has 63 heavy (non-hydrogen) atoms. The zero-order valence-electron chi connectivity index (χ0n) is 33.9. The van der Waals surface area contributed by atoms with Crippen molar-refractivity contribution in [1.82, 2.24) is 25.8 Å². The molecule has 18 heteroatoms. The second-order valence-electron chi connectivity index (χ2n) is 15.6. The Hall–Kier alpha value is -7.02. The van der Waals surface area contributed by atoms with Gasteiger partial charge in [-0.3, -0.25) is 38.9 Å². The van der Waals surface area contributed by atoms with Crippen LogP contribution < -0.4 is 37.0 Å². The summed E-state index contributed by atoms with van der Waals surface area (Å²) in [5, 5.41) is 13.9. The first-order valence-corrected chi connectivity index (χ1v) is 21.9. The van der Waals surface area contributed by atoms with E-state index in [1.807, 2.05) is 29.2 Å². The molecule has 324 valence electrons. The number of piperidine rings is 1. The van der Waals surface area contributed by atoms with Gasteiger partial charge in [0.1, 0.15) is 11.6 Å². The number of pyridine rings is 1. The number of hydrogen-bond donors (Lipinski definition) is 7. The van der Waals surface area contributed by atoms with Gasteiger partial charge < -0.3 is 27.0 Å². The van der Waals surface area contributed by atoms with E-state index in [1.165, 1.54) is 42.6 Å². The van der Waals surface area contributed by atoms with Crippen molar-refractivity contribution in [2.24, 2.45) is 0 Å². The van der Waals surface area contributed by atoms with E-state index in [0.29, 0.717) is 85.5 Å². The Morgan fingerprint density at radius 1 is 0.841 bits per heavy atom. The molecule has 1 saturated heterocycles. The Labute approximate surface area is 362 Å². The van der Waals surface area contributed by atoms with E-state index in [-0.39, 0.29) is 64.5 Å². The summed E-state index contributed by atoms with van der Waals surface area (Å²) in [4.78, 5) is 67.5. The van der Waals surface area contributed by atoms with Crippen molar-refractivity contribution in [3.63, 3.8) is 0 Å². The fourth-order valence-electron chi connectivity index (χ4n) is 7.99. The van der Waals surface area contributed by atoms with Crippen molar-refractivity contribution in [3.8, 4) is 22.3 Å². The van der Waals surface area contributed by atoms with Gasteiger partial charge in [0.15, 0.2) is 0 Å². The minimum Gasteiger partial charge on any atom is -0.383 e. The number of carbonyl (C=O) groups is 5. The highest BCUT2D eigenvalue weighted by Crippen LogP contribution is 2.35.